The van der Waals surface area contributed by atoms with Crippen LogP contribution < -0.4 is 0 Å². The number of thioether (sulfide) groups is 1. The van der Waals surface area contributed by atoms with E-state index in [9.17, 15) is 9.59 Å². The van der Waals surface area contributed by atoms with Crippen molar-refractivity contribution in [2.45, 2.75) is 26.3 Å². The van der Waals surface area contributed by atoms with Crippen molar-refractivity contribution in [2.75, 3.05) is 0 Å². The van der Waals surface area contributed by atoms with Gasteiger partial charge in [-0.05, 0) is 67.6 Å². The molecule has 2 heterocycles. The Bertz CT molecular complexity index is 811. The Kier molecular flexibility index (Phi) is 4.96. The summed E-state index contributed by atoms with van der Waals surface area (Å²) in [6.07, 6.45) is 4.48. The van der Waals surface area contributed by atoms with Gasteiger partial charge in [0.2, 0.25) is 0 Å². The van der Waals surface area contributed by atoms with Gasteiger partial charge in [0.15, 0.2) is 0 Å². The Hall–Kier alpha value is -1.79. The molecule has 0 N–H and O–H groups in total. The first-order chi connectivity index (χ1) is 11.5. The van der Waals surface area contributed by atoms with E-state index in [4.69, 9.17) is 0 Å². The van der Waals surface area contributed by atoms with Crippen LogP contribution in [0.2, 0.25) is 0 Å². The minimum Gasteiger partial charge on any atom is -0.317 e. The third-order valence-corrected chi connectivity index (χ3v) is 5.43. The summed E-state index contributed by atoms with van der Waals surface area (Å²) in [4.78, 5) is 26.5. The van der Waals surface area contributed by atoms with Crippen LogP contribution in [0.3, 0.4) is 0 Å². The Morgan fingerprint density at radius 3 is 2.58 bits per heavy atom. The quantitative estimate of drug-likeness (QED) is 0.667. The van der Waals surface area contributed by atoms with Gasteiger partial charge in [-0.3, -0.25) is 14.5 Å². The second-order valence-corrected chi connectivity index (χ2v) is 7.50. The highest BCUT2D eigenvalue weighted by molar-refractivity contribution is 9.10. The highest BCUT2D eigenvalue weighted by Crippen LogP contribution is 2.34. The molecule has 0 saturated carbocycles. The monoisotopic (exact) mass is 404 g/mol. The van der Waals surface area contributed by atoms with Crippen molar-refractivity contribution in [2.24, 2.45) is 0 Å². The second kappa shape index (κ2) is 6.99. The molecule has 1 aliphatic heterocycles. The number of amides is 2. The number of rotatable bonds is 4. The average molecular weight is 405 g/mol. The van der Waals surface area contributed by atoms with Gasteiger partial charge in [0.25, 0.3) is 11.1 Å². The van der Waals surface area contributed by atoms with Crippen molar-refractivity contribution in [3.05, 3.63) is 57.7 Å². The highest BCUT2D eigenvalue weighted by Gasteiger charge is 2.37. The van der Waals surface area contributed by atoms with Crippen LogP contribution in [-0.4, -0.2) is 26.7 Å². The number of hydrogen-bond acceptors (Lipinski definition) is 3. The number of carbonyl (C=O) groups excluding carboxylic acids is 2. The van der Waals surface area contributed by atoms with Gasteiger partial charge in [-0.1, -0.05) is 22.9 Å². The molecular weight excluding hydrogens is 388 g/mol. The molecule has 0 aliphatic carbocycles. The summed E-state index contributed by atoms with van der Waals surface area (Å²) in [6.45, 7) is 3.86. The van der Waals surface area contributed by atoms with Gasteiger partial charge in [0.1, 0.15) is 0 Å². The van der Waals surface area contributed by atoms with Crippen LogP contribution in [0.15, 0.2) is 52.0 Å². The summed E-state index contributed by atoms with van der Waals surface area (Å²) in [6, 6.07) is 11.7. The first-order valence-electron chi connectivity index (χ1n) is 7.71. The summed E-state index contributed by atoms with van der Waals surface area (Å²) in [5, 5.41) is -0.192. The number of aromatic nitrogens is 1. The van der Waals surface area contributed by atoms with Crippen LogP contribution in [0, 0.1) is 0 Å². The lowest BCUT2D eigenvalue weighted by atomic mass is 10.2. The Morgan fingerprint density at radius 1 is 1.21 bits per heavy atom. The van der Waals surface area contributed by atoms with Crippen molar-refractivity contribution in [1.29, 1.82) is 0 Å². The molecule has 0 radical (unpaired) electrons. The van der Waals surface area contributed by atoms with E-state index in [1.54, 1.807) is 6.08 Å². The molecule has 0 spiro atoms. The summed E-state index contributed by atoms with van der Waals surface area (Å²) in [5.74, 6) is -0.206. The molecule has 3 rings (SSSR count). The first-order valence-corrected chi connectivity index (χ1v) is 9.32. The number of benzene rings is 1. The zero-order chi connectivity index (χ0) is 17.3. The predicted octanol–water partition coefficient (Wildman–Crippen LogP) is 5.07. The molecule has 0 bridgehead atoms. The van der Waals surface area contributed by atoms with Crippen molar-refractivity contribution < 1.29 is 9.59 Å². The second-order valence-electron chi connectivity index (χ2n) is 5.59. The number of hydrogen-bond donors (Lipinski definition) is 0. The van der Waals surface area contributed by atoms with Gasteiger partial charge in [0, 0.05) is 28.1 Å². The van der Waals surface area contributed by atoms with E-state index >= 15 is 0 Å². The fraction of sp³-hybridized carbons (Fsp3) is 0.222. The molecule has 24 heavy (non-hydrogen) atoms. The van der Waals surface area contributed by atoms with E-state index in [0.29, 0.717) is 4.91 Å². The van der Waals surface area contributed by atoms with Crippen molar-refractivity contribution >= 4 is 44.9 Å². The summed E-state index contributed by atoms with van der Waals surface area (Å²) < 4.78 is 3.00. The van der Waals surface area contributed by atoms with E-state index in [-0.39, 0.29) is 17.2 Å². The Balaban J connectivity index is 1.93. The van der Waals surface area contributed by atoms with E-state index in [1.807, 2.05) is 61.0 Å². The molecule has 1 fully saturated rings. The van der Waals surface area contributed by atoms with Crippen molar-refractivity contribution in [3.8, 4) is 5.69 Å². The minimum absolute atomic E-state index is 0.0818. The third kappa shape index (κ3) is 3.21. The lowest BCUT2D eigenvalue weighted by molar-refractivity contribution is -0.124. The molecule has 2 aromatic rings. The fourth-order valence-corrected chi connectivity index (χ4v) is 3.70. The SMILES string of the molecule is CC[C@@H](C)N1C(=O)S/C(=C/c2cccn2-c2ccc(Br)cc2)C1=O. The summed E-state index contributed by atoms with van der Waals surface area (Å²) in [5.41, 5.74) is 1.86. The van der Waals surface area contributed by atoms with Crippen LogP contribution >= 0.6 is 27.7 Å². The van der Waals surface area contributed by atoms with Gasteiger partial charge in [-0.2, -0.15) is 0 Å². The Morgan fingerprint density at radius 2 is 1.92 bits per heavy atom. The average Bonchev–Trinajstić information content (AvgIpc) is 3.13. The van der Waals surface area contributed by atoms with Crippen LogP contribution in [-0.2, 0) is 4.79 Å². The lowest BCUT2D eigenvalue weighted by Crippen LogP contribution is -2.36. The standard InChI is InChI=1S/C18H17BrN2O2S/c1-3-12(2)21-17(22)16(24-18(21)23)11-15-5-4-10-20(15)14-8-6-13(19)7-9-14/h4-12H,3H2,1-2H3/b16-11+/t12-/m1/s1. The molecule has 1 atom stereocenters. The van der Waals surface area contributed by atoms with Crippen molar-refractivity contribution in [3.63, 3.8) is 0 Å². The summed E-state index contributed by atoms with van der Waals surface area (Å²) >= 11 is 4.44. The van der Waals surface area contributed by atoms with E-state index in [1.165, 1.54) is 4.90 Å². The lowest BCUT2D eigenvalue weighted by Gasteiger charge is -2.19. The molecule has 1 aromatic carbocycles. The molecule has 124 valence electrons. The zero-order valence-electron chi connectivity index (χ0n) is 13.4. The van der Waals surface area contributed by atoms with Crippen LogP contribution in [0.25, 0.3) is 11.8 Å². The zero-order valence-corrected chi connectivity index (χ0v) is 15.8. The van der Waals surface area contributed by atoms with Crippen LogP contribution in [0.1, 0.15) is 26.0 Å². The van der Waals surface area contributed by atoms with Gasteiger partial charge < -0.3 is 4.57 Å². The van der Waals surface area contributed by atoms with Crippen LogP contribution in [0.4, 0.5) is 4.79 Å². The largest absolute Gasteiger partial charge is 0.317 e. The van der Waals surface area contributed by atoms with Gasteiger partial charge >= 0.3 is 0 Å². The smallest absolute Gasteiger partial charge is 0.293 e. The van der Waals surface area contributed by atoms with E-state index < -0.39 is 0 Å². The highest BCUT2D eigenvalue weighted by atomic mass is 79.9. The molecule has 4 nitrogen and oxygen atoms in total. The molecule has 6 heteroatoms. The number of imide groups is 1. The number of nitrogens with zero attached hydrogens (tertiary/aromatic N) is 2. The fourth-order valence-electron chi connectivity index (χ4n) is 2.53. The first kappa shape index (κ1) is 17.0. The molecule has 0 unspecified atom stereocenters. The molecule has 1 saturated heterocycles. The maximum Gasteiger partial charge on any atom is 0.293 e. The maximum absolute atomic E-state index is 12.5. The normalized spacial score (nSPS) is 17.8. The number of carbonyl (C=O) groups is 2. The topological polar surface area (TPSA) is 42.3 Å². The number of halogens is 1. The summed E-state index contributed by atoms with van der Waals surface area (Å²) in [7, 11) is 0. The minimum atomic E-state index is -0.206. The van der Waals surface area contributed by atoms with Gasteiger partial charge in [0.05, 0.1) is 4.91 Å². The predicted molar refractivity (Wildman–Crippen MR) is 101 cm³/mol. The molecule has 2 amide bonds. The molecule has 1 aliphatic rings. The molecule has 1 aromatic heterocycles. The Labute approximate surface area is 153 Å². The van der Waals surface area contributed by atoms with Crippen molar-refractivity contribution in [1.82, 2.24) is 9.47 Å². The van der Waals surface area contributed by atoms with E-state index in [2.05, 4.69) is 15.9 Å². The third-order valence-electron chi connectivity index (χ3n) is 4.02. The van der Waals surface area contributed by atoms with Gasteiger partial charge in [-0.15, -0.1) is 0 Å². The van der Waals surface area contributed by atoms with E-state index in [0.717, 1.165) is 34.0 Å². The molecular formula is C18H17BrN2O2S. The maximum atomic E-state index is 12.5. The van der Waals surface area contributed by atoms with Crippen LogP contribution in [0.5, 0.6) is 0 Å². The van der Waals surface area contributed by atoms with Gasteiger partial charge in [-0.25, -0.2) is 0 Å².